The van der Waals surface area contributed by atoms with Crippen LogP contribution in [0.1, 0.15) is 67.8 Å². The van der Waals surface area contributed by atoms with Gasteiger partial charge in [0, 0.05) is 12.7 Å². The van der Waals surface area contributed by atoms with Crippen LogP contribution in [0.5, 0.6) is 5.75 Å². The molecule has 3 aromatic carbocycles. The van der Waals surface area contributed by atoms with Crippen molar-refractivity contribution >= 4 is 16.7 Å². The summed E-state index contributed by atoms with van der Waals surface area (Å²) in [6, 6.07) is 19.0. The van der Waals surface area contributed by atoms with Crippen LogP contribution < -0.4 is 4.74 Å². The molecule has 4 saturated carbocycles. The Kier molecular flexibility index (Phi) is 7.64. The molecule has 0 saturated heterocycles. The second kappa shape index (κ2) is 11.3. The van der Waals surface area contributed by atoms with Crippen molar-refractivity contribution in [3.05, 3.63) is 65.7 Å². The minimum atomic E-state index is -0.263. The van der Waals surface area contributed by atoms with E-state index in [2.05, 4.69) is 30.3 Å². The zero-order chi connectivity index (χ0) is 26.8. The number of carbonyl (C=O) groups is 1. The maximum absolute atomic E-state index is 12.2. The van der Waals surface area contributed by atoms with E-state index in [1.165, 1.54) is 54.9 Å². The lowest BCUT2D eigenvalue weighted by atomic mass is 9.48. The molecule has 0 radical (unpaired) electrons. The monoisotopic (exact) mass is 528 g/mol. The molecule has 39 heavy (non-hydrogen) atoms. The van der Waals surface area contributed by atoms with Crippen LogP contribution in [-0.2, 0) is 19.6 Å². The third kappa shape index (κ3) is 5.44. The van der Waals surface area contributed by atoms with Crippen molar-refractivity contribution in [3.63, 3.8) is 0 Å². The number of fused-ring (bicyclic) bond motifs is 1. The zero-order valence-electron chi connectivity index (χ0n) is 23.2. The van der Waals surface area contributed by atoms with E-state index in [1.54, 1.807) is 7.11 Å². The van der Waals surface area contributed by atoms with Crippen LogP contribution in [0.2, 0.25) is 0 Å². The predicted molar refractivity (Wildman–Crippen MR) is 153 cm³/mol. The van der Waals surface area contributed by atoms with Crippen LogP contribution in [0.3, 0.4) is 0 Å². The summed E-state index contributed by atoms with van der Waals surface area (Å²) in [6.07, 6.45) is 8.89. The average Bonchev–Trinajstić information content (AvgIpc) is 2.94. The third-order valence-electron chi connectivity index (χ3n) is 9.17. The Morgan fingerprint density at radius 1 is 0.821 bits per heavy atom. The Morgan fingerprint density at radius 3 is 2.18 bits per heavy atom. The molecule has 206 valence electrons. The molecule has 4 fully saturated rings. The van der Waals surface area contributed by atoms with E-state index in [4.69, 9.17) is 18.9 Å². The van der Waals surface area contributed by atoms with Crippen LogP contribution in [0, 0.1) is 17.8 Å². The summed E-state index contributed by atoms with van der Waals surface area (Å²) in [6.45, 7) is 3.76. The quantitative estimate of drug-likeness (QED) is 0.146. The Bertz CT molecular complexity index is 1280. The van der Waals surface area contributed by atoms with E-state index in [-0.39, 0.29) is 18.2 Å². The lowest BCUT2D eigenvalue weighted by Gasteiger charge is -2.57. The largest absolute Gasteiger partial charge is 0.467 e. The van der Waals surface area contributed by atoms with Crippen molar-refractivity contribution in [2.24, 2.45) is 17.8 Å². The Balaban J connectivity index is 1.32. The molecule has 0 aromatic heterocycles. The fraction of sp³-hybridized carbons (Fsp3) is 0.500. The SMILES string of the molecule is CCCOC(=O)c1ccc(-c2ccc3cc(OCOCCOC)c(C45CC6CC(CC(C6)C4)C5)cc3c2)cc1. The first-order valence-electron chi connectivity index (χ1n) is 14.6. The molecule has 0 aliphatic heterocycles. The summed E-state index contributed by atoms with van der Waals surface area (Å²) >= 11 is 0. The average molecular weight is 529 g/mol. The zero-order valence-corrected chi connectivity index (χ0v) is 23.2. The van der Waals surface area contributed by atoms with E-state index >= 15 is 0 Å². The highest BCUT2D eigenvalue weighted by Crippen LogP contribution is 2.62. The van der Waals surface area contributed by atoms with Crippen LogP contribution in [0.15, 0.2) is 54.6 Å². The number of esters is 1. The number of carbonyl (C=O) groups excluding carboxylic acids is 1. The molecule has 0 atom stereocenters. The molecule has 3 aromatic rings. The highest BCUT2D eigenvalue weighted by atomic mass is 16.7. The number of rotatable bonds is 11. The minimum Gasteiger partial charge on any atom is -0.467 e. The molecule has 0 N–H and O–H groups in total. The van der Waals surface area contributed by atoms with Crippen LogP contribution >= 0.6 is 0 Å². The first kappa shape index (κ1) is 26.3. The summed E-state index contributed by atoms with van der Waals surface area (Å²) in [5.74, 6) is 3.27. The van der Waals surface area contributed by atoms with E-state index < -0.39 is 0 Å². The first-order chi connectivity index (χ1) is 19.1. The van der Waals surface area contributed by atoms with Gasteiger partial charge in [-0.15, -0.1) is 0 Å². The van der Waals surface area contributed by atoms with Gasteiger partial charge in [0.25, 0.3) is 0 Å². The van der Waals surface area contributed by atoms with Gasteiger partial charge in [-0.1, -0.05) is 31.2 Å². The lowest BCUT2D eigenvalue weighted by Crippen LogP contribution is -2.48. The smallest absolute Gasteiger partial charge is 0.338 e. The van der Waals surface area contributed by atoms with Gasteiger partial charge in [0.05, 0.1) is 25.4 Å². The van der Waals surface area contributed by atoms with Crippen LogP contribution in [0.25, 0.3) is 21.9 Å². The molecule has 4 aliphatic carbocycles. The third-order valence-corrected chi connectivity index (χ3v) is 9.17. The summed E-state index contributed by atoms with van der Waals surface area (Å²) < 4.78 is 22.5. The summed E-state index contributed by atoms with van der Waals surface area (Å²) in [7, 11) is 1.68. The maximum Gasteiger partial charge on any atom is 0.338 e. The van der Waals surface area contributed by atoms with Crippen LogP contribution in [0.4, 0.5) is 0 Å². The molecule has 4 aliphatic rings. The molecule has 0 heterocycles. The van der Waals surface area contributed by atoms with Gasteiger partial charge in [-0.05, 0) is 120 Å². The Labute approximate surface area is 231 Å². The molecule has 7 rings (SSSR count). The molecule has 5 heteroatoms. The van der Waals surface area contributed by atoms with Crippen molar-refractivity contribution in [2.45, 2.75) is 57.3 Å². The van der Waals surface area contributed by atoms with Gasteiger partial charge in [0.1, 0.15) is 5.75 Å². The second-order valence-electron chi connectivity index (χ2n) is 12.0. The number of hydrogen-bond donors (Lipinski definition) is 0. The second-order valence-corrected chi connectivity index (χ2v) is 12.0. The van der Waals surface area contributed by atoms with Crippen molar-refractivity contribution in [2.75, 3.05) is 33.7 Å². The Morgan fingerprint density at radius 2 is 1.51 bits per heavy atom. The molecule has 0 amide bonds. The standard InChI is InChI=1S/C34H40O5/c1-3-10-38-33(35)27-6-4-26(5-7-27)28-8-9-29-18-32(39-22-37-12-11-36-2)31(17-30(29)16-28)34-19-23-13-24(20-34)15-25(14-23)21-34/h4-9,16-18,23-25H,3,10-15,19-22H2,1-2H3. The van der Waals surface area contributed by atoms with E-state index in [9.17, 15) is 4.79 Å². The maximum atomic E-state index is 12.2. The fourth-order valence-corrected chi connectivity index (χ4v) is 7.81. The molecular formula is C34H40O5. The van der Waals surface area contributed by atoms with Gasteiger partial charge in [-0.25, -0.2) is 4.79 Å². The van der Waals surface area contributed by atoms with E-state index in [0.29, 0.717) is 25.4 Å². The van der Waals surface area contributed by atoms with Gasteiger partial charge in [0.15, 0.2) is 6.79 Å². The fourth-order valence-electron chi connectivity index (χ4n) is 7.81. The summed E-state index contributed by atoms with van der Waals surface area (Å²) in [5.41, 5.74) is 4.40. The highest BCUT2D eigenvalue weighted by molar-refractivity contribution is 5.92. The van der Waals surface area contributed by atoms with E-state index in [1.807, 2.05) is 31.2 Å². The van der Waals surface area contributed by atoms with Crippen molar-refractivity contribution in [1.29, 1.82) is 0 Å². The van der Waals surface area contributed by atoms with Crippen LogP contribution in [-0.4, -0.2) is 39.7 Å². The Hall–Kier alpha value is -2.89. The lowest BCUT2D eigenvalue weighted by molar-refractivity contribution is -0.0188. The predicted octanol–water partition coefficient (Wildman–Crippen LogP) is 7.54. The molecular weight excluding hydrogens is 488 g/mol. The van der Waals surface area contributed by atoms with Gasteiger partial charge in [-0.3, -0.25) is 0 Å². The first-order valence-corrected chi connectivity index (χ1v) is 14.6. The van der Waals surface area contributed by atoms with Crippen molar-refractivity contribution < 1.29 is 23.7 Å². The number of ether oxygens (including phenoxy) is 4. The van der Waals surface area contributed by atoms with Gasteiger partial charge < -0.3 is 18.9 Å². The molecule has 5 nitrogen and oxygen atoms in total. The topological polar surface area (TPSA) is 54.0 Å². The highest BCUT2D eigenvalue weighted by Gasteiger charge is 2.52. The molecule has 4 bridgehead atoms. The number of benzene rings is 3. The number of methoxy groups -OCH3 is 1. The van der Waals surface area contributed by atoms with Gasteiger partial charge >= 0.3 is 5.97 Å². The summed E-state index contributed by atoms with van der Waals surface area (Å²) in [4.78, 5) is 12.2. The van der Waals surface area contributed by atoms with Crippen molar-refractivity contribution in [1.82, 2.24) is 0 Å². The molecule has 0 spiro atoms. The normalized spacial score (nSPS) is 25.2. The van der Waals surface area contributed by atoms with E-state index in [0.717, 1.165) is 41.1 Å². The van der Waals surface area contributed by atoms with Gasteiger partial charge in [0.2, 0.25) is 0 Å². The van der Waals surface area contributed by atoms with Crippen molar-refractivity contribution in [3.8, 4) is 16.9 Å². The van der Waals surface area contributed by atoms with Gasteiger partial charge in [-0.2, -0.15) is 0 Å². The minimum absolute atomic E-state index is 0.210. The molecule has 0 unspecified atom stereocenters. The number of hydrogen-bond acceptors (Lipinski definition) is 5. The summed E-state index contributed by atoms with van der Waals surface area (Å²) in [5, 5.41) is 2.40.